The zero-order valence-electron chi connectivity index (χ0n) is 32.0. The Hall–Kier alpha value is -1.16. The van der Waals surface area contributed by atoms with Crippen LogP contribution in [0.25, 0.3) is 0 Å². The number of nitrogens with zero attached hydrogens (tertiary/aromatic N) is 1. The van der Waals surface area contributed by atoms with Crippen molar-refractivity contribution >= 4 is 0 Å². The number of unbranched alkanes of at least 4 members (excludes halogenated alkanes) is 18. The molecule has 0 aliphatic carbocycles. The Morgan fingerprint density at radius 1 is 0.468 bits per heavy atom. The summed E-state index contributed by atoms with van der Waals surface area (Å²) in [6, 6.07) is 0. The van der Waals surface area contributed by atoms with Crippen LogP contribution in [0.1, 0.15) is 194 Å². The summed E-state index contributed by atoms with van der Waals surface area (Å²) in [6.07, 6.45) is 53.9. The fraction of sp³-hybridized carbons (Fsp3) is 0.818. The largest absolute Gasteiger partial charge is 0.378 e. The van der Waals surface area contributed by atoms with Crippen molar-refractivity contribution < 1.29 is 9.47 Å². The van der Waals surface area contributed by atoms with E-state index < -0.39 is 0 Å². The number of allylic oxidation sites excluding steroid dienone is 8. The van der Waals surface area contributed by atoms with Crippen molar-refractivity contribution in [3.05, 3.63) is 48.6 Å². The van der Waals surface area contributed by atoms with E-state index in [4.69, 9.17) is 9.47 Å². The monoisotopic (exact) mass is 656 g/mol. The molecule has 0 N–H and O–H groups in total. The second-order valence-electron chi connectivity index (χ2n) is 14.2. The number of rotatable bonds is 35. The van der Waals surface area contributed by atoms with Crippen LogP contribution in [0.5, 0.6) is 0 Å². The standard InChI is InChI=1S/C44H81NO2/c1-4-6-8-10-12-14-16-18-20-22-24-26-28-30-32-36-40-46-43(3)42-44(45-38-34-35-39-45)47-41-37-33-31-29-27-25-23-21-19-17-15-13-11-9-7-5-2/h12-15,18-21,43-44H,4-11,16-17,22-42H2,1-3H3/t43-,44?/m1/s1. The Kier molecular flexibility index (Phi) is 33.7. The molecule has 2 atom stereocenters. The first-order valence-corrected chi connectivity index (χ1v) is 20.8. The van der Waals surface area contributed by atoms with Crippen LogP contribution < -0.4 is 0 Å². The first kappa shape index (κ1) is 43.9. The lowest BCUT2D eigenvalue weighted by molar-refractivity contribution is -0.0830. The number of hydrogen-bond donors (Lipinski definition) is 0. The highest BCUT2D eigenvalue weighted by Crippen LogP contribution is 2.19. The van der Waals surface area contributed by atoms with Gasteiger partial charge in [0.2, 0.25) is 0 Å². The summed E-state index contributed by atoms with van der Waals surface area (Å²) in [7, 11) is 0. The molecule has 47 heavy (non-hydrogen) atoms. The maximum atomic E-state index is 6.48. The summed E-state index contributed by atoms with van der Waals surface area (Å²) in [6.45, 7) is 11.0. The van der Waals surface area contributed by atoms with Crippen LogP contribution >= 0.6 is 0 Å². The Morgan fingerprint density at radius 2 is 0.851 bits per heavy atom. The van der Waals surface area contributed by atoms with Gasteiger partial charge in [0.25, 0.3) is 0 Å². The van der Waals surface area contributed by atoms with Crippen molar-refractivity contribution in [2.45, 2.75) is 206 Å². The van der Waals surface area contributed by atoms with Gasteiger partial charge < -0.3 is 9.47 Å². The molecule has 1 aliphatic rings. The lowest BCUT2D eigenvalue weighted by atomic mass is 10.1. The fourth-order valence-corrected chi connectivity index (χ4v) is 6.39. The number of hydrogen-bond acceptors (Lipinski definition) is 3. The Morgan fingerprint density at radius 3 is 1.30 bits per heavy atom. The maximum absolute atomic E-state index is 6.48. The summed E-state index contributed by atoms with van der Waals surface area (Å²) in [5.74, 6) is 0. The summed E-state index contributed by atoms with van der Waals surface area (Å²) in [4.78, 5) is 2.57. The van der Waals surface area contributed by atoms with Crippen LogP contribution in [-0.2, 0) is 9.47 Å². The van der Waals surface area contributed by atoms with Gasteiger partial charge in [-0.2, -0.15) is 0 Å². The van der Waals surface area contributed by atoms with Crippen molar-refractivity contribution in [3.8, 4) is 0 Å². The van der Waals surface area contributed by atoms with E-state index in [0.717, 1.165) is 32.5 Å². The third-order valence-corrected chi connectivity index (χ3v) is 9.48. The van der Waals surface area contributed by atoms with E-state index in [-0.39, 0.29) is 12.3 Å². The molecular formula is C44H81NO2. The molecule has 1 aliphatic heterocycles. The van der Waals surface area contributed by atoms with Gasteiger partial charge in [0.1, 0.15) is 6.23 Å². The lowest BCUT2D eigenvalue weighted by Gasteiger charge is -2.30. The van der Waals surface area contributed by atoms with E-state index in [1.165, 1.54) is 167 Å². The molecule has 0 amide bonds. The van der Waals surface area contributed by atoms with E-state index >= 15 is 0 Å². The molecule has 1 saturated heterocycles. The molecule has 1 unspecified atom stereocenters. The third kappa shape index (κ3) is 30.6. The second kappa shape index (κ2) is 36.1. The highest BCUT2D eigenvalue weighted by molar-refractivity contribution is 4.93. The van der Waals surface area contributed by atoms with Crippen LogP contribution in [0.4, 0.5) is 0 Å². The summed E-state index contributed by atoms with van der Waals surface area (Å²) >= 11 is 0. The van der Waals surface area contributed by atoms with E-state index in [1.54, 1.807) is 0 Å². The van der Waals surface area contributed by atoms with Gasteiger partial charge in [-0.1, -0.05) is 140 Å². The second-order valence-corrected chi connectivity index (χ2v) is 14.2. The van der Waals surface area contributed by atoms with Crippen LogP contribution in [0.2, 0.25) is 0 Å². The molecule has 1 heterocycles. The smallest absolute Gasteiger partial charge is 0.113 e. The first-order chi connectivity index (χ1) is 23.3. The van der Waals surface area contributed by atoms with Gasteiger partial charge in [0.05, 0.1) is 6.10 Å². The van der Waals surface area contributed by atoms with Gasteiger partial charge in [0, 0.05) is 32.7 Å². The summed E-state index contributed by atoms with van der Waals surface area (Å²) in [5.41, 5.74) is 0. The van der Waals surface area contributed by atoms with Gasteiger partial charge in [-0.05, 0) is 96.8 Å². The minimum absolute atomic E-state index is 0.237. The van der Waals surface area contributed by atoms with Crippen molar-refractivity contribution in [2.24, 2.45) is 0 Å². The highest BCUT2D eigenvalue weighted by atomic mass is 16.5. The zero-order chi connectivity index (χ0) is 33.7. The third-order valence-electron chi connectivity index (χ3n) is 9.48. The molecule has 1 fully saturated rings. The fourth-order valence-electron chi connectivity index (χ4n) is 6.39. The van der Waals surface area contributed by atoms with Gasteiger partial charge in [-0.15, -0.1) is 0 Å². The van der Waals surface area contributed by atoms with Crippen molar-refractivity contribution in [1.29, 1.82) is 0 Å². The Balaban J connectivity index is 1.99. The maximum Gasteiger partial charge on any atom is 0.113 e. The molecule has 0 bridgehead atoms. The quantitative estimate of drug-likeness (QED) is 0.0501. The Labute approximate surface area is 295 Å². The van der Waals surface area contributed by atoms with Crippen LogP contribution in [-0.4, -0.2) is 43.5 Å². The minimum atomic E-state index is 0.237. The van der Waals surface area contributed by atoms with Crippen LogP contribution in [0, 0.1) is 0 Å². The molecule has 3 nitrogen and oxygen atoms in total. The molecule has 0 saturated carbocycles. The van der Waals surface area contributed by atoms with Gasteiger partial charge in [-0.25, -0.2) is 0 Å². The average molecular weight is 656 g/mol. The average Bonchev–Trinajstić information content (AvgIpc) is 3.62. The minimum Gasteiger partial charge on any atom is -0.378 e. The first-order valence-electron chi connectivity index (χ1n) is 20.8. The molecule has 0 aromatic heterocycles. The van der Waals surface area contributed by atoms with Gasteiger partial charge in [0.15, 0.2) is 0 Å². The van der Waals surface area contributed by atoms with Crippen LogP contribution in [0.3, 0.4) is 0 Å². The predicted octanol–water partition coefficient (Wildman–Crippen LogP) is 13.8. The molecule has 0 spiro atoms. The number of ether oxygens (including phenoxy) is 2. The molecule has 0 aromatic rings. The summed E-state index contributed by atoms with van der Waals surface area (Å²) in [5, 5.41) is 0. The predicted molar refractivity (Wildman–Crippen MR) is 209 cm³/mol. The van der Waals surface area contributed by atoms with Crippen molar-refractivity contribution in [2.75, 3.05) is 26.3 Å². The molecule has 0 radical (unpaired) electrons. The normalized spacial score (nSPS) is 15.8. The van der Waals surface area contributed by atoms with Gasteiger partial charge >= 0.3 is 0 Å². The van der Waals surface area contributed by atoms with Crippen molar-refractivity contribution in [3.63, 3.8) is 0 Å². The molecule has 274 valence electrons. The summed E-state index contributed by atoms with van der Waals surface area (Å²) < 4.78 is 12.7. The van der Waals surface area contributed by atoms with Crippen molar-refractivity contribution in [1.82, 2.24) is 4.90 Å². The molecule has 3 heteroatoms. The zero-order valence-corrected chi connectivity index (χ0v) is 32.0. The van der Waals surface area contributed by atoms with E-state index in [1.807, 2.05) is 0 Å². The molecule has 1 rings (SSSR count). The molecular weight excluding hydrogens is 574 g/mol. The number of likely N-dealkylation sites (tertiary alicyclic amines) is 1. The van der Waals surface area contributed by atoms with Gasteiger partial charge in [-0.3, -0.25) is 4.90 Å². The van der Waals surface area contributed by atoms with E-state index in [2.05, 4.69) is 74.3 Å². The SMILES string of the molecule is CCCCCC=CCC=CCCCCCCCCOC(C[C@@H](C)OCCCCCCCCC=CCC=CCCCCC)N1CCCC1. The van der Waals surface area contributed by atoms with E-state index in [0.29, 0.717) is 0 Å². The topological polar surface area (TPSA) is 21.7 Å². The van der Waals surface area contributed by atoms with Crippen LogP contribution in [0.15, 0.2) is 48.6 Å². The Bertz CT molecular complexity index is 735. The van der Waals surface area contributed by atoms with E-state index in [9.17, 15) is 0 Å². The highest BCUT2D eigenvalue weighted by Gasteiger charge is 2.24. The molecule has 0 aromatic carbocycles. The lowest BCUT2D eigenvalue weighted by Crippen LogP contribution is -2.38.